The van der Waals surface area contributed by atoms with Crippen LogP contribution < -0.4 is 15.2 Å². The van der Waals surface area contributed by atoms with Crippen molar-refractivity contribution in [2.75, 3.05) is 51.3 Å². The number of piperidine rings is 1. The van der Waals surface area contributed by atoms with Gasteiger partial charge in [-0.05, 0) is 45.0 Å². The van der Waals surface area contributed by atoms with Gasteiger partial charge in [0.15, 0.2) is 5.75 Å². The minimum Gasteiger partial charge on any atom is -0.490 e. The van der Waals surface area contributed by atoms with Gasteiger partial charge in [-0.15, -0.1) is 0 Å². The van der Waals surface area contributed by atoms with Crippen molar-refractivity contribution in [3.05, 3.63) is 47.3 Å². The summed E-state index contributed by atoms with van der Waals surface area (Å²) in [4.78, 5) is 25.9. The van der Waals surface area contributed by atoms with E-state index >= 15 is 0 Å². The van der Waals surface area contributed by atoms with Crippen molar-refractivity contribution in [2.45, 2.75) is 25.5 Å². The topological polar surface area (TPSA) is 103 Å². The first-order valence-corrected chi connectivity index (χ1v) is 12.1. The first-order chi connectivity index (χ1) is 17.0. The minimum atomic E-state index is -0.206. The van der Waals surface area contributed by atoms with Gasteiger partial charge < -0.3 is 19.3 Å². The molecule has 5 rings (SSSR count). The number of aryl methyl sites for hydroxylation is 1. The fraction of sp³-hybridized carbons (Fsp3) is 0.542. The van der Waals surface area contributed by atoms with E-state index in [1.165, 1.54) is 10.7 Å². The molecule has 0 radical (unpaired) electrons. The van der Waals surface area contributed by atoms with Crippen molar-refractivity contribution in [1.29, 1.82) is 0 Å². The van der Waals surface area contributed by atoms with Crippen LogP contribution in [-0.4, -0.2) is 87.0 Å². The van der Waals surface area contributed by atoms with Gasteiger partial charge in [0.25, 0.3) is 5.56 Å². The largest absolute Gasteiger partial charge is 0.490 e. The Hall–Kier alpha value is -3.31. The zero-order valence-electron chi connectivity index (χ0n) is 20.3. The summed E-state index contributed by atoms with van der Waals surface area (Å²) in [6.07, 6.45) is 9.20. The lowest BCUT2D eigenvalue weighted by molar-refractivity contribution is 0.0260. The highest BCUT2D eigenvalue weighted by Gasteiger charge is 2.24. The third-order valence-electron chi connectivity index (χ3n) is 6.60. The van der Waals surface area contributed by atoms with E-state index < -0.39 is 0 Å². The van der Waals surface area contributed by atoms with Crippen LogP contribution in [0.4, 0.5) is 5.95 Å². The van der Waals surface area contributed by atoms with Crippen molar-refractivity contribution in [3.8, 4) is 17.0 Å². The van der Waals surface area contributed by atoms with Gasteiger partial charge in [-0.25, -0.2) is 14.6 Å². The summed E-state index contributed by atoms with van der Waals surface area (Å²) in [5.74, 6) is 1.91. The predicted molar refractivity (Wildman–Crippen MR) is 130 cm³/mol. The van der Waals surface area contributed by atoms with Crippen LogP contribution in [-0.2, 0) is 18.3 Å². The summed E-state index contributed by atoms with van der Waals surface area (Å²) in [7, 11) is 4.01. The average Bonchev–Trinajstić information content (AvgIpc) is 3.32. The number of hydrogen-bond donors (Lipinski definition) is 0. The summed E-state index contributed by atoms with van der Waals surface area (Å²) in [6, 6.07) is 3.25. The second-order valence-electron chi connectivity index (χ2n) is 9.36. The van der Waals surface area contributed by atoms with E-state index in [4.69, 9.17) is 9.47 Å². The SMILES string of the molecule is CN1CCC(COc2cnc(N3CCOC(Cn4nc(-c5cnn(C)c5)ccc4=O)C3)nc2)CC1. The molecule has 186 valence electrons. The number of hydrogen-bond acceptors (Lipinski definition) is 9. The molecule has 11 heteroatoms. The fourth-order valence-corrected chi connectivity index (χ4v) is 4.48. The van der Waals surface area contributed by atoms with Crippen molar-refractivity contribution in [2.24, 2.45) is 13.0 Å². The van der Waals surface area contributed by atoms with Gasteiger partial charge in [-0.3, -0.25) is 9.48 Å². The standard InChI is InChI=1S/C24H32N8O3/c1-29-7-5-18(6-8-29)17-35-20-12-25-24(26-13-20)31-9-10-34-21(15-31)16-32-23(33)4-3-22(28-32)19-11-27-30(2)14-19/h3-4,11-14,18,21H,5-10,15-17H2,1-2H3. The Morgan fingerprint density at radius 1 is 1.09 bits per heavy atom. The second kappa shape index (κ2) is 10.5. The van der Waals surface area contributed by atoms with Crippen LogP contribution in [0.2, 0.25) is 0 Å². The summed E-state index contributed by atoms with van der Waals surface area (Å²) >= 11 is 0. The highest BCUT2D eigenvalue weighted by atomic mass is 16.5. The van der Waals surface area contributed by atoms with Gasteiger partial charge in [0.2, 0.25) is 5.95 Å². The highest BCUT2D eigenvalue weighted by molar-refractivity contribution is 5.55. The first kappa shape index (κ1) is 23.4. The van der Waals surface area contributed by atoms with Gasteiger partial charge in [0.1, 0.15) is 0 Å². The van der Waals surface area contributed by atoms with Gasteiger partial charge in [0, 0.05) is 38.0 Å². The highest BCUT2D eigenvalue weighted by Crippen LogP contribution is 2.20. The number of anilines is 1. The Labute approximate surface area is 204 Å². The van der Waals surface area contributed by atoms with Crippen LogP contribution in [0.1, 0.15) is 12.8 Å². The smallest absolute Gasteiger partial charge is 0.266 e. The molecule has 0 spiro atoms. The van der Waals surface area contributed by atoms with E-state index in [9.17, 15) is 4.79 Å². The minimum absolute atomic E-state index is 0.166. The lowest BCUT2D eigenvalue weighted by atomic mass is 9.98. The molecule has 0 amide bonds. The van der Waals surface area contributed by atoms with Crippen molar-refractivity contribution in [3.63, 3.8) is 0 Å². The maximum Gasteiger partial charge on any atom is 0.266 e. The number of ether oxygens (including phenoxy) is 2. The lowest BCUT2D eigenvalue weighted by Gasteiger charge is -2.33. The van der Waals surface area contributed by atoms with E-state index in [1.54, 1.807) is 29.3 Å². The molecule has 11 nitrogen and oxygen atoms in total. The molecular formula is C24H32N8O3. The molecule has 0 saturated carbocycles. The Morgan fingerprint density at radius 3 is 2.63 bits per heavy atom. The molecule has 0 N–H and O–H groups in total. The van der Waals surface area contributed by atoms with Crippen LogP contribution >= 0.6 is 0 Å². The summed E-state index contributed by atoms with van der Waals surface area (Å²) in [5.41, 5.74) is 1.39. The molecule has 5 heterocycles. The van der Waals surface area contributed by atoms with Gasteiger partial charge >= 0.3 is 0 Å². The maximum absolute atomic E-state index is 12.4. The molecule has 2 aliphatic rings. The average molecular weight is 481 g/mol. The quantitative estimate of drug-likeness (QED) is 0.491. The zero-order chi connectivity index (χ0) is 24.2. The number of likely N-dealkylation sites (tertiary alicyclic amines) is 1. The molecule has 0 aliphatic carbocycles. The van der Waals surface area contributed by atoms with Crippen molar-refractivity contribution < 1.29 is 9.47 Å². The molecule has 0 aromatic carbocycles. The van der Waals surface area contributed by atoms with Crippen molar-refractivity contribution >= 4 is 5.95 Å². The van der Waals surface area contributed by atoms with Crippen LogP contribution in [0.15, 0.2) is 41.7 Å². The third kappa shape index (κ3) is 5.85. The molecule has 2 saturated heterocycles. The van der Waals surface area contributed by atoms with Crippen molar-refractivity contribution in [1.82, 2.24) is 34.4 Å². The molecular weight excluding hydrogens is 448 g/mol. The van der Waals surface area contributed by atoms with Crippen LogP contribution in [0, 0.1) is 5.92 Å². The molecule has 3 aromatic heterocycles. The van der Waals surface area contributed by atoms with Crippen LogP contribution in [0.5, 0.6) is 5.75 Å². The van der Waals surface area contributed by atoms with Gasteiger partial charge in [-0.2, -0.15) is 10.2 Å². The summed E-state index contributed by atoms with van der Waals surface area (Å²) < 4.78 is 15.0. The van der Waals surface area contributed by atoms with Gasteiger partial charge in [0.05, 0.1) is 50.1 Å². The molecule has 1 unspecified atom stereocenters. The monoisotopic (exact) mass is 480 g/mol. The van der Waals surface area contributed by atoms with E-state index in [0.717, 1.165) is 31.5 Å². The first-order valence-electron chi connectivity index (χ1n) is 12.1. The zero-order valence-corrected chi connectivity index (χ0v) is 20.3. The Balaban J connectivity index is 1.18. The van der Waals surface area contributed by atoms with E-state index in [2.05, 4.69) is 37.0 Å². The third-order valence-corrected chi connectivity index (χ3v) is 6.60. The Kier molecular flexibility index (Phi) is 7.05. The fourth-order valence-electron chi connectivity index (χ4n) is 4.48. The second-order valence-corrected chi connectivity index (χ2v) is 9.36. The van der Waals surface area contributed by atoms with Crippen LogP contribution in [0.3, 0.4) is 0 Å². The van der Waals surface area contributed by atoms with Crippen LogP contribution in [0.25, 0.3) is 11.3 Å². The van der Waals surface area contributed by atoms with E-state index in [0.29, 0.717) is 56.2 Å². The maximum atomic E-state index is 12.4. The molecule has 3 aromatic rings. The summed E-state index contributed by atoms with van der Waals surface area (Å²) in [6.45, 7) is 5.08. The Morgan fingerprint density at radius 2 is 1.89 bits per heavy atom. The Bertz CT molecular complexity index is 1170. The number of morpholine rings is 1. The molecule has 2 aliphatic heterocycles. The number of rotatable bonds is 7. The van der Waals surface area contributed by atoms with E-state index in [1.807, 2.05) is 13.2 Å². The molecule has 0 bridgehead atoms. The number of aromatic nitrogens is 6. The molecule has 2 fully saturated rings. The lowest BCUT2D eigenvalue weighted by Crippen LogP contribution is -2.46. The summed E-state index contributed by atoms with van der Waals surface area (Å²) in [5, 5.41) is 8.71. The van der Waals surface area contributed by atoms with Gasteiger partial charge in [-0.1, -0.05) is 0 Å². The predicted octanol–water partition coefficient (Wildman–Crippen LogP) is 1.06. The number of nitrogens with zero attached hydrogens (tertiary/aromatic N) is 8. The molecule has 35 heavy (non-hydrogen) atoms. The van der Waals surface area contributed by atoms with E-state index in [-0.39, 0.29) is 11.7 Å². The normalized spacial score (nSPS) is 19.7. The molecule has 1 atom stereocenters.